The van der Waals surface area contributed by atoms with Crippen LogP contribution in [0, 0.1) is 0 Å². The number of carbonyl (C=O) groups is 1. The van der Waals surface area contributed by atoms with Gasteiger partial charge in [0.25, 0.3) is 11.5 Å². The standard InChI is InChI=1S/C30H26N4O3S2/c1-37-23-11-9-20(10-12-23)13-17-34-29(36)25(39-30(34)38)18-24-27(31-26-8-4-5-15-33(26)28(24)35)32-16-14-21-6-2-3-7-22(21)19-32/h2-12,15,18H,13-14,16-17,19H2,1H3. The summed E-state index contributed by atoms with van der Waals surface area (Å²) in [5.41, 5.74) is 4.37. The third-order valence-corrected chi connectivity index (χ3v) is 8.49. The molecular formula is C30H26N4O3S2. The van der Waals surface area contributed by atoms with Crippen molar-refractivity contribution >= 4 is 51.7 Å². The van der Waals surface area contributed by atoms with Crippen LogP contribution in [-0.4, -0.2) is 44.7 Å². The number of aromatic nitrogens is 2. The van der Waals surface area contributed by atoms with Crippen molar-refractivity contribution < 1.29 is 9.53 Å². The first-order chi connectivity index (χ1) is 19.0. The lowest BCUT2D eigenvalue weighted by atomic mass is 9.99. The average molecular weight is 555 g/mol. The van der Waals surface area contributed by atoms with Gasteiger partial charge in [0.05, 0.1) is 17.6 Å². The van der Waals surface area contributed by atoms with Crippen LogP contribution in [0.25, 0.3) is 11.7 Å². The number of carbonyl (C=O) groups excluding carboxylic acids is 1. The van der Waals surface area contributed by atoms with Gasteiger partial charge in [-0.2, -0.15) is 0 Å². The van der Waals surface area contributed by atoms with Gasteiger partial charge in [0.2, 0.25) is 0 Å². The minimum absolute atomic E-state index is 0.189. The third-order valence-electron chi connectivity index (χ3n) is 7.11. The molecule has 0 aliphatic carbocycles. The maximum Gasteiger partial charge on any atom is 0.267 e. The first-order valence-electron chi connectivity index (χ1n) is 12.7. The van der Waals surface area contributed by atoms with Crippen LogP contribution in [0.5, 0.6) is 5.75 Å². The molecule has 39 heavy (non-hydrogen) atoms. The van der Waals surface area contributed by atoms with Crippen molar-refractivity contribution in [2.75, 3.05) is 25.1 Å². The largest absolute Gasteiger partial charge is 0.497 e. The maximum atomic E-state index is 13.7. The van der Waals surface area contributed by atoms with Crippen LogP contribution in [0.3, 0.4) is 0 Å². The number of pyridine rings is 1. The summed E-state index contributed by atoms with van der Waals surface area (Å²) in [6, 6.07) is 21.6. The summed E-state index contributed by atoms with van der Waals surface area (Å²) in [4.78, 5) is 36.3. The maximum absolute atomic E-state index is 13.7. The summed E-state index contributed by atoms with van der Waals surface area (Å²) in [6.45, 7) is 1.84. The van der Waals surface area contributed by atoms with E-state index in [1.807, 2.05) is 42.5 Å². The molecule has 4 heterocycles. The SMILES string of the molecule is COc1ccc(CCN2C(=O)C(=Cc3c(N4CCc5ccccc5C4)nc4ccccn4c3=O)SC2=S)cc1. The Kier molecular flexibility index (Phi) is 6.93. The second-order valence-corrected chi connectivity index (χ2v) is 11.1. The zero-order chi connectivity index (χ0) is 26.9. The van der Waals surface area contributed by atoms with Crippen molar-refractivity contribution in [3.8, 4) is 5.75 Å². The number of nitrogens with zero attached hydrogens (tertiary/aromatic N) is 4. The van der Waals surface area contributed by atoms with Gasteiger partial charge >= 0.3 is 0 Å². The van der Waals surface area contributed by atoms with Gasteiger partial charge in [-0.05, 0) is 59.9 Å². The van der Waals surface area contributed by atoms with Gasteiger partial charge in [-0.15, -0.1) is 0 Å². The Morgan fingerprint density at radius 2 is 1.79 bits per heavy atom. The van der Waals surface area contributed by atoms with Gasteiger partial charge in [-0.3, -0.25) is 18.9 Å². The van der Waals surface area contributed by atoms with E-state index in [9.17, 15) is 9.59 Å². The monoisotopic (exact) mass is 554 g/mol. The van der Waals surface area contributed by atoms with E-state index in [4.69, 9.17) is 21.9 Å². The van der Waals surface area contributed by atoms with Gasteiger partial charge in [0.1, 0.15) is 21.5 Å². The van der Waals surface area contributed by atoms with Crippen LogP contribution in [0.4, 0.5) is 5.82 Å². The van der Waals surface area contributed by atoms with E-state index in [2.05, 4.69) is 23.1 Å². The molecule has 2 aliphatic heterocycles. The highest BCUT2D eigenvalue weighted by atomic mass is 32.2. The Balaban J connectivity index is 1.33. The van der Waals surface area contributed by atoms with Crippen LogP contribution < -0.4 is 15.2 Å². The number of fused-ring (bicyclic) bond motifs is 2. The van der Waals surface area contributed by atoms with Crippen molar-refractivity contribution in [3.63, 3.8) is 0 Å². The molecule has 1 saturated heterocycles. The molecule has 0 saturated carbocycles. The molecule has 1 amide bonds. The van der Waals surface area contributed by atoms with Crippen molar-refractivity contribution in [1.29, 1.82) is 0 Å². The van der Waals surface area contributed by atoms with Crippen molar-refractivity contribution in [1.82, 2.24) is 14.3 Å². The number of hydrogen-bond acceptors (Lipinski definition) is 7. The molecule has 6 rings (SSSR count). The van der Waals surface area contributed by atoms with Gasteiger partial charge in [0, 0.05) is 25.8 Å². The summed E-state index contributed by atoms with van der Waals surface area (Å²) in [5.74, 6) is 1.19. The molecule has 0 unspecified atom stereocenters. The first kappa shape index (κ1) is 25.3. The molecule has 2 aromatic heterocycles. The zero-order valence-electron chi connectivity index (χ0n) is 21.4. The van der Waals surface area contributed by atoms with E-state index in [-0.39, 0.29) is 11.5 Å². The van der Waals surface area contributed by atoms with E-state index in [1.54, 1.807) is 30.3 Å². The smallest absolute Gasteiger partial charge is 0.267 e. The normalized spacial score (nSPS) is 16.3. The minimum Gasteiger partial charge on any atom is -0.497 e. The third kappa shape index (κ3) is 4.95. The van der Waals surface area contributed by atoms with E-state index in [1.165, 1.54) is 27.3 Å². The zero-order valence-corrected chi connectivity index (χ0v) is 23.0. The summed E-state index contributed by atoms with van der Waals surface area (Å²) in [6.07, 6.45) is 4.90. The molecule has 0 bridgehead atoms. The van der Waals surface area contributed by atoms with E-state index in [0.29, 0.717) is 45.8 Å². The quantitative estimate of drug-likeness (QED) is 0.253. The predicted molar refractivity (Wildman–Crippen MR) is 159 cm³/mol. The number of thiocarbonyl (C=S) groups is 1. The summed E-state index contributed by atoms with van der Waals surface area (Å²) in [5, 5.41) is 0. The first-order valence-corrected chi connectivity index (χ1v) is 14.0. The van der Waals surface area contributed by atoms with Crippen molar-refractivity contribution in [3.05, 3.63) is 110 Å². The second kappa shape index (κ2) is 10.7. The Bertz CT molecular complexity index is 1680. The molecule has 0 N–H and O–H groups in total. The summed E-state index contributed by atoms with van der Waals surface area (Å²) in [7, 11) is 1.63. The lowest BCUT2D eigenvalue weighted by molar-refractivity contribution is -0.122. The number of rotatable bonds is 6. The lowest BCUT2D eigenvalue weighted by Crippen LogP contribution is -2.34. The Hall–Kier alpha value is -3.95. The van der Waals surface area contributed by atoms with Crippen molar-refractivity contribution in [2.45, 2.75) is 19.4 Å². The summed E-state index contributed by atoms with van der Waals surface area (Å²) >= 11 is 6.81. The molecule has 1 fully saturated rings. The number of hydrogen-bond donors (Lipinski definition) is 0. The fourth-order valence-corrected chi connectivity index (χ4v) is 6.28. The van der Waals surface area contributed by atoms with Crippen LogP contribution in [0.1, 0.15) is 22.3 Å². The fourth-order valence-electron chi connectivity index (χ4n) is 4.99. The van der Waals surface area contributed by atoms with Crippen LogP contribution in [0.15, 0.2) is 82.6 Å². The highest BCUT2D eigenvalue weighted by Crippen LogP contribution is 2.34. The molecular weight excluding hydrogens is 528 g/mol. The molecule has 2 aliphatic rings. The molecule has 0 spiro atoms. The van der Waals surface area contributed by atoms with E-state index < -0.39 is 0 Å². The molecule has 9 heteroatoms. The second-order valence-electron chi connectivity index (χ2n) is 9.45. The molecule has 0 atom stereocenters. The molecule has 4 aromatic rings. The van der Waals surface area contributed by atoms with E-state index >= 15 is 0 Å². The Labute approximate surface area is 235 Å². The molecule has 7 nitrogen and oxygen atoms in total. The number of methoxy groups -OCH3 is 1. The van der Waals surface area contributed by atoms with Gasteiger partial charge in [-0.25, -0.2) is 4.98 Å². The Morgan fingerprint density at radius 1 is 1.03 bits per heavy atom. The van der Waals surface area contributed by atoms with Crippen LogP contribution in [0.2, 0.25) is 0 Å². The molecule has 2 aromatic carbocycles. The number of amides is 1. The van der Waals surface area contributed by atoms with Crippen LogP contribution in [-0.2, 0) is 24.2 Å². The lowest BCUT2D eigenvalue weighted by Gasteiger charge is -2.30. The minimum atomic E-state index is -0.210. The van der Waals surface area contributed by atoms with Gasteiger partial charge < -0.3 is 9.64 Å². The molecule has 196 valence electrons. The van der Waals surface area contributed by atoms with Crippen LogP contribution >= 0.6 is 24.0 Å². The average Bonchev–Trinajstić information content (AvgIpc) is 3.24. The van der Waals surface area contributed by atoms with Crippen molar-refractivity contribution in [2.24, 2.45) is 0 Å². The molecule has 0 radical (unpaired) electrons. The number of ether oxygens (including phenoxy) is 1. The van der Waals surface area contributed by atoms with Gasteiger partial charge in [0.15, 0.2) is 0 Å². The highest BCUT2D eigenvalue weighted by Gasteiger charge is 2.33. The van der Waals surface area contributed by atoms with Gasteiger partial charge in [-0.1, -0.05) is 66.4 Å². The number of benzene rings is 2. The highest BCUT2D eigenvalue weighted by molar-refractivity contribution is 8.26. The number of anilines is 1. The fraction of sp³-hybridized carbons (Fsp3) is 0.200. The Morgan fingerprint density at radius 3 is 2.59 bits per heavy atom. The topological polar surface area (TPSA) is 67.2 Å². The number of thioether (sulfide) groups is 1. The predicted octanol–water partition coefficient (Wildman–Crippen LogP) is 4.71. The summed E-state index contributed by atoms with van der Waals surface area (Å²) < 4.78 is 7.24. The van der Waals surface area contributed by atoms with E-state index in [0.717, 1.165) is 24.3 Å².